The number of carbonyl (C=O) groups is 1. The summed E-state index contributed by atoms with van der Waals surface area (Å²) in [5.41, 5.74) is 2.47. The van der Waals surface area contributed by atoms with Crippen molar-refractivity contribution in [2.45, 2.75) is 39.2 Å². The van der Waals surface area contributed by atoms with Gasteiger partial charge in [0.25, 0.3) is 11.2 Å². The van der Waals surface area contributed by atoms with Crippen molar-refractivity contribution in [2.24, 2.45) is 4.99 Å². The van der Waals surface area contributed by atoms with Crippen molar-refractivity contribution in [3.8, 4) is 5.75 Å². The minimum absolute atomic E-state index is 0.0468. The van der Waals surface area contributed by atoms with Crippen LogP contribution in [0.4, 0.5) is 11.4 Å². The van der Waals surface area contributed by atoms with Gasteiger partial charge >= 0.3 is 5.97 Å². The molecule has 208 valence electrons. The van der Waals surface area contributed by atoms with Gasteiger partial charge in [0, 0.05) is 36.5 Å². The molecule has 1 aromatic heterocycles. The molecule has 2 aliphatic heterocycles. The number of anilines is 1. The van der Waals surface area contributed by atoms with Gasteiger partial charge in [0.1, 0.15) is 5.75 Å². The van der Waals surface area contributed by atoms with Gasteiger partial charge in [0.2, 0.25) is 0 Å². The second-order valence-electron chi connectivity index (χ2n) is 9.63. The van der Waals surface area contributed by atoms with E-state index in [0.29, 0.717) is 31.9 Å². The number of non-ortho nitro benzene ring substituents is 1. The summed E-state index contributed by atoms with van der Waals surface area (Å²) in [6.07, 6.45) is 4.92. The Morgan fingerprint density at radius 1 is 1.20 bits per heavy atom. The average molecular weight is 563 g/mol. The number of benzene rings is 2. The Morgan fingerprint density at radius 2 is 1.98 bits per heavy atom. The Bertz CT molecular complexity index is 1680. The van der Waals surface area contributed by atoms with Crippen LogP contribution in [0.2, 0.25) is 0 Å². The summed E-state index contributed by atoms with van der Waals surface area (Å²) in [5.74, 6) is 0.0391. The second kappa shape index (κ2) is 11.5. The van der Waals surface area contributed by atoms with Crippen LogP contribution in [0.15, 0.2) is 63.5 Å². The monoisotopic (exact) mass is 562 g/mol. The zero-order chi connectivity index (χ0) is 28.4. The Kier molecular flexibility index (Phi) is 7.83. The summed E-state index contributed by atoms with van der Waals surface area (Å²) in [6.45, 7) is 5.32. The quantitative estimate of drug-likeness (QED) is 0.245. The van der Waals surface area contributed by atoms with Crippen molar-refractivity contribution in [1.29, 1.82) is 0 Å². The highest BCUT2D eigenvalue weighted by molar-refractivity contribution is 7.07. The molecular formula is C29H30N4O6S. The summed E-state index contributed by atoms with van der Waals surface area (Å²) in [6, 6.07) is 11.2. The summed E-state index contributed by atoms with van der Waals surface area (Å²) in [7, 11) is 1.55. The SMILES string of the molecule is CCOC(=O)C1=C(C)N=c2s/c(=C/c3cc([N+](=O)[O-])ccc3N3CCCCC3)c(=O)n2C1c1cccc(OC)c1. The predicted molar refractivity (Wildman–Crippen MR) is 153 cm³/mol. The number of ether oxygens (including phenoxy) is 2. The molecule has 2 aliphatic rings. The molecule has 0 radical (unpaired) electrons. The number of carbonyl (C=O) groups excluding carboxylic acids is 1. The van der Waals surface area contributed by atoms with Crippen molar-refractivity contribution in [3.05, 3.63) is 94.7 Å². The number of aromatic nitrogens is 1. The molecule has 0 aliphatic carbocycles. The normalized spacial score (nSPS) is 17.3. The van der Waals surface area contributed by atoms with Crippen LogP contribution in [0.25, 0.3) is 6.08 Å². The molecule has 1 unspecified atom stereocenters. The number of hydrogen-bond donors (Lipinski definition) is 0. The number of piperidine rings is 1. The molecule has 0 saturated carbocycles. The van der Waals surface area contributed by atoms with Crippen LogP contribution in [-0.4, -0.2) is 42.3 Å². The van der Waals surface area contributed by atoms with Crippen LogP contribution in [0, 0.1) is 10.1 Å². The number of nitro benzene ring substituents is 1. The summed E-state index contributed by atoms with van der Waals surface area (Å²) >= 11 is 1.19. The van der Waals surface area contributed by atoms with Gasteiger partial charge in [-0.05, 0) is 62.9 Å². The lowest BCUT2D eigenvalue weighted by Crippen LogP contribution is -2.40. The van der Waals surface area contributed by atoms with E-state index in [1.165, 1.54) is 28.0 Å². The van der Waals surface area contributed by atoms with E-state index in [0.717, 1.165) is 38.0 Å². The van der Waals surface area contributed by atoms with Crippen LogP contribution in [0.1, 0.15) is 50.3 Å². The Balaban J connectivity index is 1.72. The molecule has 11 heteroatoms. The number of allylic oxidation sites excluding steroid dienone is 1. The van der Waals surface area contributed by atoms with E-state index in [-0.39, 0.29) is 23.4 Å². The number of methoxy groups -OCH3 is 1. The third-order valence-electron chi connectivity index (χ3n) is 7.13. The molecule has 3 aromatic rings. The Morgan fingerprint density at radius 3 is 2.67 bits per heavy atom. The van der Waals surface area contributed by atoms with Gasteiger partial charge in [-0.15, -0.1) is 0 Å². The number of nitrogens with zero attached hydrogens (tertiary/aromatic N) is 4. The standard InChI is InChI=1S/C29H30N4O6S/c1-4-39-28(35)25-18(2)30-29-32(26(25)19-9-8-10-22(16-19)38-3)27(34)24(40-29)17-20-15-21(33(36)37)11-12-23(20)31-13-6-5-7-14-31/h8-12,15-17,26H,4-7,13-14H2,1-3H3/b24-17+. The number of thiazole rings is 1. The number of hydrogen-bond acceptors (Lipinski definition) is 9. The molecule has 2 aromatic carbocycles. The van der Waals surface area contributed by atoms with E-state index in [1.807, 2.05) is 6.07 Å². The zero-order valence-electron chi connectivity index (χ0n) is 22.6. The number of fused-ring (bicyclic) bond motifs is 1. The van der Waals surface area contributed by atoms with Crippen LogP contribution in [0.5, 0.6) is 5.75 Å². The molecular weight excluding hydrogens is 532 g/mol. The molecule has 5 rings (SSSR count). The van der Waals surface area contributed by atoms with E-state index >= 15 is 0 Å². The van der Waals surface area contributed by atoms with E-state index in [1.54, 1.807) is 51.3 Å². The first-order chi connectivity index (χ1) is 19.3. The maximum absolute atomic E-state index is 14.0. The van der Waals surface area contributed by atoms with E-state index in [2.05, 4.69) is 9.89 Å². The molecule has 3 heterocycles. The first-order valence-electron chi connectivity index (χ1n) is 13.2. The van der Waals surface area contributed by atoms with Gasteiger partial charge in [0.15, 0.2) is 4.80 Å². The smallest absolute Gasteiger partial charge is 0.338 e. The molecule has 0 amide bonds. The fourth-order valence-electron chi connectivity index (χ4n) is 5.25. The minimum atomic E-state index is -0.778. The largest absolute Gasteiger partial charge is 0.497 e. The lowest BCUT2D eigenvalue weighted by atomic mass is 9.95. The highest BCUT2D eigenvalue weighted by Crippen LogP contribution is 2.33. The lowest BCUT2D eigenvalue weighted by molar-refractivity contribution is -0.384. The van der Waals surface area contributed by atoms with Crippen molar-refractivity contribution in [2.75, 3.05) is 31.7 Å². The second-order valence-corrected chi connectivity index (χ2v) is 10.6. The molecule has 1 fully saturated rings. The maximum Gasteiger partial charge on any atom is 0.338 e. The number of esters is 1. The van der Waals surface area contributed by atoms with Crippen molar-refractivity contribution in [1.82, 2.24) is 4.57 Å². The molecule has 1 saturated heterocycles. The zero-order valence-corrected chi connectivity index (χ0v) is 23.4. The fraction of sp³-hybridized carbons (Fsp3) is 0.345. The summed E-state index contributed by atoms with van der Waals surface area (Å²) in [4.78, 5) is 45.6. The Labute approximate surface area is 234 Å². The third kappa shape index (κ3) is 5.16. The van der Waals surface area contributed by atoms with Crippen LogP contribution < -0.4 is 24.5 Å². The Hall–Kier alpha value is -4.25. The average Bonchev–Trinajstić information content (AvgIpc) is 3.26. The summed E-state index contributed by atoms with van der Waals surface area (Å²) < 4.78 is 12.6. The number of nitro groups is 1. The molecule has 0 bridgehead atoms. The molecule has 1 atom stereocenters. The molecule has 40 heavy (non-hydrogen) atoms. The lowest BCUT2D eigenvalue weighted by Gasteiger charge is -2.30. The first-order valence-corrected chi connectivity index (χ1v) is 14.0. The molecule has 10 nitrogen and oxygen atoms in total. The molecule has 0 N–H and O–H groups in total. The fourth-order valence-corrected chi connectivity index (χ4v) is 6.29. The first kappa shape index (κ1) is 27.3. The van der Waals surface area contributed by atoms with E-state index < -0.39 is 16.9 Å². The van der Waals surface area contributed by atoms with Crippen LogP contribution in [-0.2, 0) is 9.53 Å². The van der Waals surface area contributed by atoms with E-state index in [4.69, 9.17) is 9.47 Å². The highest BCUT2D eigenvalue weighted by atomic mass is 32.1. The van der Waals surface area contributed by atoms with Gasteiger partial charge in [-0.25, -0.2) is 9.79 Å². The van der Waals surface area contributed by atoms with Gasteiger partial charge in [0.05, 0.1) is 40.5 Å². The van der Waals surface area contributed by atoms with E-state index in [9.17, 15) is 19.7 Å². The third-order valence-corrected chi connectivity index (χ3v) is 8.11. The number of rotatable bonds is 7. The topological polar surface area (TPSA) is 116 Å². The van der Waals surface area contributed by atoms with Gasteiger partial charge in [-0.3, -0.25) is 19.5 Å². The van der Waals surface area contributed by atoms with Crippen molar-refractivity contribution in [3.63, 3.8) is 0 Å². The van der Waals surface area contributed by atoms with Gasteiger partial charge in [-0.1, -0.05) is 23.5 Å². The summed E-state index contributed by atoms with van der Waals surface area (Å²) in [5, 5.41) is 11.6. The van der Waals surface area contributed by atoms with Crippen LogP contribution in [0.3, 0.4) is 0 Å². The van der Waals surface area contributed by atoms with Crippen molar-refractivity contribution < 1.29 is 19.2 Å². The molecule has 0 spiro atoms. The van der Waals surface area contributed by atoms with Crippen LogP contribution >= 0.6 is 11.3 Å². The minimum Gasteiger partial charge on any atom is -0.497 e. The highest BCUT2D eigenvalue weighted by Gasteiger charge is 2.33. The van der Waals surface area contributed by atoms with Crippen molar-refractivity contribution >= 4 is 34.8 Å². The maximum atomic E-state index is 14.0. The predicted octanol–water partition coefficient (Wildman–Crippen LogP) is 3.71. The van der Waals surface area contributed by atoms with Gasteiger partial charge in [-0.2, -0.15) is 0 Å². The van der Waals surface area contributed by atoms with Gasteiger partial charge < -0.3 is 14.4 Å².